The third-order valence-electron chi connectivity index (χ3n) is 3.81. The molecular weight excluding hydrogens is 312 g/mol. The van der Waals surface area contributed by atoms with Crippen LogP contribution in [0.25, 0.3) is 0 Å². The molecule has 0 bridgehead atoms. The van der Waals surface area contributed by atoms with Gasteiger partial charge in [0.05, 0.1) is 5.69 Å². The molecule has 7 heteroatoms. The first-order chi connectivity index (χ1) is 11.0. The highest BCUT2D eigenvalue weighted by Crippen LogP contribution is 2.37. The number of nitrogens with one attached hydrogen (secondary N) is 2. The first-order valence-electron chi connectivity index (χ1n) is 7.28. The second kappa shape index (κ2) is 7.73. The van der Waals surface area contributed by atoms with Crippen molar-refractivity contribution in [3.63, 3.8) is 0 Å². The number of carboxylic acid groups (broad SMARTS) is 1. The highest BCUT2D eigenvalue weighted by molar-refractivity contribution is 7.15. The molecule has 1 atom stereocenters. The van der Waals surface area contributed by atoms with E-state index < -0.39 is 0 Å². The molecule has 1 heterocycles. The van der Waals surface area contributed by atoms with Gasteiger partial charge in [-0.3, -0.25) is 10.2 Å². The highest BCUT2D eigenvalue weighted by atomic mass is 32.1. The van der Waals surface area contributed by atoms with Gasteiger partial charge < -0.3 is 16.2 Å². The van der Waals surface area contributed by atoms with Gasteiger partial charge in [-0.2, -0.15) is 0 Å². The monoisotopic (exact) mass is 332 g/mol. The first kappa shape index (κ1) is 17.0. The number of thiazole rings is 1. The van der Waals surface area contributed by atoms with E-state index in [0.29, 0.717) is 5.92 Å². The molecular formula is C16H20N4O2S. The summed E-state index contributed by atoms with van der Waals surface area (Å²) >= 11 is 1.62. The number of nitrogens with two attached hydrogens (primary N) is 1. The SMILES string of the molecule is Cc1ccccc1C1CCc2nc(NC(=N)N)sc2C1.O=CO. The van der Waals surface area contributed by atoms with Gasteiger partial charge in [0.1, 0.15) is 0 Å². The number of nitrogens with zero attached hydrogens (tertiary/aromatic N) is 1. The Morgan fingerprint density at radius 3 is 2.87 bits per heavy atom. The Labute approximate surface area is 138 Å². The van der Waals surface area contributed by atoms with E-state index in [4.69, 9.17) is 21.0 Å². The second-order valence-electron chi connectivity index (χ2n) is 5.33. The fourth-order valence-electron chi connectivity index (χ4n) is 2.85. The van der Waals surface area contributed by atoms with Crippen LogP contribution in [0, 0.1) is 12.3 Å². The number of fused-ring (bicyclic) bond motifs is 1. The standard InChI is InChI=1S/C15H18N4S.CH2O2/c1-9-4-2-3-5-11(9)10-6-7-12-13(8-10)20-15(18-12)19-14(16)17;2-1-3/h2-5,10H,6-8H2,1H3,(H4,16,17,18,19);1H,(H,2,3). The van der Waals surface area contributed by atoms with Gasteiger partial charge in [0.15, 0.2) is 11.1 Å². The van der Waals surface area contributed by atoms with Crippen molar-refractivity contribution < 1.29 is 9.90 Å². The molecule has 23 heavy (non-hydrogen) atoms. The molecule has 0 fully saturated rings. The molecule has 122 valence electrons. The van der Waals surface area contributed by atoms with Crippen molar-refractivity contribution in [2.45, 2.75) is 32.1 Å². The van der Waals surface area contributed by atoms with Gasteiger partial charge >= 0.3 is 0 Å². The summed E-state index contributed by atoms with van der Waals surface area (Å²) < 4.78 is 0. The largest absolute Gasteiger partial charge is 0.483 e. The number of guanidine groups is 1. The summed E-state index contributed by atoms with van der Waals surface area (Å²) in [6, 6.07) is 8.63. The lowest BCUT2D eigenvalue weighted by molar-refractivity contribution is -0.122. The van der Waals surface area contributed by atoms with Crippen molar-refractivity contribution in [2.24, 2.45) is 5.73 Å². The normalized spacial score (nSPS) is 15.8. The van der Waals surface area contributed by atoms with E-state index in [1.54, 1.807) is 11.3 Å². The number of rotatable bonds is 2. The van der Waals surface area contributed by atoms with Crippen LogP contribution in [-0.4, -0.2) is 22.5 Å². The van der Waals surface area contributed by atoms with Crippen LogP contribution in [0.3, 0.4) is 0 Å². The number of hydrogen-bond donors (Lipinski definition) is 4. The van der Waals surface area contributed by atoms with Crippen LogP contribution >= 0.6 is 11.3 Å². The molecule has 2 aromatic rings. The summed E-state index contributed by atoms with van der Waals surface area (Å²) in [7, 11) is 0. The predicted molar refractivity (Wildman–Crippen MR) is 92.3 cm³/mol. The van der Waals surface area contributed by atoms with Gasteiger partial charge in [0.25, 0.3) is 6.47 Å². The molecule has 1 aliphatic rings. The van der Waals surface area contributed by atoms with Gasteiger partial charge in [-0.1, -0.05) is 24.3 Å². The summed E-state index contributed by atoms with van der Waals surface area (Å²) in [5.74, 6) is 0.529. The Balaban J connectivity index is 0.000000595. The van der Waals surface area contributed by atoms with Crippen molar-refractivity contribution in [3.8, 4) is 0 Å². The van der Waals surface area contributed by atoms with Crippen LogP contribution in [0.4, 0.5) is 5.13 Å². The van der Waals surface area contributed by atoms with E-state index in [1.807, 2.05) is 0 Å². The van der Waals surface area contributed by atoms with Crippen LogP contribution in [0.2, 0.25) is 0 Å². The number of hydrogen-bond acceptors (Lipinski definition) is 4. The lowest BCUT2D eigenvalue weighted by atomic mass is 9.83. The minimum Gasteiger partial charge on any atom is -0.483 e. The topological polar surface area (TPSA) is 112 Å². The minimum atomic E-state index is -0.250. The number of anilines is 1. The fraction of sp³-hybridized carbons (Fsp3) is 0.312. The third-order valence-corrected chi connectivity index (χ3v) is 4.84. The van der Waals surface area contributed by atoms with Crippen molar-refractivity contribution in [3.05, 3.63) is 46.0 Å². The van der Waals surface area contributed by atoms with E-state index >= 15 is 0 Å². The van der Waals surface area contributed by atoms with E-state index in [9.17, 15) is 0 Å². The smallest absolute Gasteiger partial charge is 0.290 e. The Morgan fingerprint density at radius 1 is 1.52 bits per heavy atom. The Hall–Kier alpha value is -2.41. The Kier molecular flexibility index (Phi) is 5.70. The number of benzene rings is 1. The van der Waals surface area contributed by atoms with E-state index in [-0.39, 0.29) is 12.4 Å². The van der Waals surface area contributed by atoms with Crippen LogP contribution in [0.1, 0.15) is 34.0 Å². The maximum absolute atomic E-state index is 8.36. The van der Waals surface area contributed by atoms with Crippen LogP contribution in [0.5, 0.6) is 0 Å². The molecule has 0 saturated carbocycles. The zero-order valence-electron chi connectivity index (χ0n) is 12.9. The third kappa shape index (κ3) is 4.29. The Bertz CT molecular complexity index is 699. The first-order valence-corrected chi connectivity index (χ1v) is 8.09. The lowest BCUT2D eigenvalue weighted by Gasteiger charge is -2.23. The summed E-state index contributed by atoms with van der Waals surface area (Å²) in [4.78, 5) is 14.2. The van der Waals surface area contributed by atoms with Crippen molar-refractivity contribution in [1.82, 2.24) is 4.98 Å². The van der Waals surface area contributed by atoms with Crippen LogP contribution in [-0.2, 0) is 17.6 Å². The summed E-state index contributed by atoms with van der Waals surface area (Å²) in [6.07, 6.45) is 3.18. The molecule has 6 nitrogen and oxygen atoms in total. The number of carbonyl (C=O) groups is 1. The molecule has 5 N–H and O–H groups in total. The molecule has 1 aromatic heterocycles. The molecule has 1 unspecified atom stereocenters. The fourth-order valence-corrected chi connectivity index (χ4v) is 3.95. The average molecular weight is 332 g/mol. The zero-order chi connectivity index (χ0) is 16.8. The molecule has 0 amide bonds. The molecule has 0 saturated heterocycles. The van der Waals surface area contributed by atoms with Gasteiger partial charge in [-0.05, 0) is 43.2 Å². The number of aromatic nitrogens is 1. The number of aryl methyl sites for hydroxylation is 2. The quantitative estimate of drug-likeness (QED) is 0.384. The molecule has 0 radical (unpaired) electrons. The minimum absolute atomic E-state index is 0.0495. The van der Waals surface area contributed by atoms with Gasteiger partial charge in [-0.15, -0.1) is 11.3 Å². The van der Waals surface area contributed by atoms with Gasteiger partial charge in [-0.25, -0.2) is 4.98 Å². The molecule has 0 spiro atoms. The van der Waals surface area contributed by atoms with Crippen LogP contribution < -0.4 is 11.1 Å². The molecule has 0 aliphatic heterocycles. The average Bonchev–Trinajstić information content (AvgIpc) is 2.88. The Morgan fingerprint density at radius 2 is 2.22 bits per heavy atom. The summed E-state index contributed by atoms with van der Waals surface area (Å²) in [6.45, 7) is 1.93. The molecule has 1 aliphatic carbocycles. The van der Waals surface area contributed by atoms with Crippen LogP contribution in [0.15, 0.2) is 24.3 Å². The van der Waals surface area contributed by atoms with E-state index in [1.165, 1.54) is 21.7 Å². The van der Waals surface area contributed by atoms with E-state index in [0.717, 1.165) is 24.4 Å². The van der Waals surface area contributed by atoms with Gasteiger partial charge in [0.2, 0.25) is 0 Å². The predicted octanol–water partition coefficient (Wildman–Crippen LogP) is 2.73. The lowest BCUT2D eigenvalue weighted by Crippen LogP contribution is -2.20. The zero-order valence-corrected chi connectivity index (χ0v) is 13.7. The maximum atomic E-state index is 8.36. The van der Waals surface area contributed by atoms with Crippen molar-refractivity contribution >= 4 is 28.9 Å². The summed E-state index contributed by atoms with van der Waals surface area (Å²) in [5, 5.41) is 17.7. The second-order valence-corrected chi connectivity index (χ2v) is 6.41. The highest BCUT2D eigenvalue weighted by Gasteiger charge is 2.24. The molecule has 3 rings (SSSR count). The van der Waals surface area contributed by atoms with Crippen molar-refractivity contribution in [1.29, 1.82) is 5.41 Å². The molecule has 1 aromatic carbocycles. The summed E-state index contributed by atoms with van der Waals surface area (Å²) in [5.41, 5.74) is 9.35. The van der Waals surface area contributed by atoms with E-state index in [2.05, 4.69) is 41.5 Å². The van der Waals surface area contributed by atoms with Crippen molar-refractivity contribution in [2.75, 3.05) is 5.32 Å². The van der Waals surface area contributed by atoms with Gasteiger partial charge in [0, 0.05) is 4.88 Å². The maximum Gasteiger partial charge on any atom is 0.290 e.